The van der Waals surface area contributed by atoms with E-state index in [0.29, 0.717) is 0 Å². The molecule has 1 heterocycles. The van der Waals surface area contributed by atoms with Gasteiger partial charge in [0.2, 0.25) is 0 Å². The molecule has 0 saturated carbocycles. The van der Waals surface area contributed by atoms with Crippen molar-refractivity contribution < 1.29 is 4.79 Å². The summed E-state index contributed by atoms with van der Waals surface area (Å²) in [5, 5.41) is 0. The summed E-state index contributed by atoms with van der Waals surface area (Å²) >= 11 is 1.82. The predicted octanol–water partition coefficient (Wildman–Crippen LogP) is 5.29. The molecule has 0 radical (unpaired) electrons. The summed E-state index contributed by atoms with van der Waals surface area (Å²) in [5.41, 5.74) is 2.63. The number of hydrogen-bond acceptors (Lipinski definition) is 2. The second-order valence-corrected chi connectivity index (χ2v) is 6.68. The van der Waals surface area contributed by atoms with Gasteiger partial charge in [-0.2, -0.15) is 0 Å². The highest BCUT2D eigenvalue weighted by molar-refractivity contribution is 7.99. The lowest BCUT2D eigenvalue weighted by Crippen LogP contribution is -2.19. The Labute approximate surface area is 130 Å². The normalized spacial score (nSPS) is 15.1. The van der Waals surface area contributed by atoms with Crippen molar-refractivity contribution in [1.29, 1.82) is 0 Å². The summed E-state index contributed by atoms with van der Waals surface area (Å²) in [6.45, 7) is 2.18. The van der Waals surface area contributed by atoms with E-state index in [2.05, 4.69) is 55.5 Å². The van der Waals surface area contributed by atoms with Crippen LogP contribution in [0.25, 0.3) is 0 Å². The Morgan fingerprint density at radius 3 is 2.14 bits per heavy atom. The lowest BCUT2D eigenvalue weighted by Gasteiger charge is -2.31. The number of benzene rings is 2. The first-order valence-corrected chi connectivity index (χ1v) is 8.47. The van der Waals surface area contributed by atoms with Crippen molar-refractivity contribution in [3.8, 4) is 0 Å². The first kappa shape index (κ1) is 14.4. The van der Waals surface area contributed by atoms with Gasteiger partial charge in [0, 0.05) is 21.6 Å². The van der Waals surface area contributed by atoms with Crippen LogP contribution in [0, 0.1) is 5.92 Å². The van der Waals surface area contributed by atoms with Crippen molar-refractivity contribution in [2.24, 2.45) is 5.92 Å². The molecule has 21 heavy (non-hydrogen) atoms. The summed E-state index contributed by atoms with van der Waals surface area (Å²) in [7, 11) is 0. The van der Waals surface area contributed by atoms with Crippen molar-refractivity contribution in [1.82, 2.24) is 0 Å². The van der Waals surface area contributed by atoms with Gasteiger partial charge in [-0.05, 0) is 29.7 Å². The molecule has 3 rings (SSSR count). The molecular formula is C19H20OS. The number of rotatable bonds is 5. The van der Waals surface area contributed by atoms with Crippen LogP contribution in [0.1, 0.15) is 43.2 Å². The maximum atomic E-state index is 11.7. The molecule has 1 atom stereocenters. The van der Waals surface area contributed by atoms with Crippen LogP contribution in [-0.2, 0) is 4.79 Å². The molecule has 0 spiro atoms. The van der Waals surface area contributed by atoms with Gasteiger partial charge in [-0.25, -0.2) is 0 Å². The van der Waals surface area contributed by atoms with Crippen molar-refractivity contribution in [2.75, 3.05) is 0 Å². The molecule has 2 aromatic carbocycles. The third-order valence-corrected chi connectivity index (χ3v) is 5.41. The summed E-state index contributed by atoms with van der Waals surface area (Å²) in [6, 6.07) is 17.0. The van der Waals surface area contributed by atoms with Crippen LogP contribution in [0.15, 0.2) is 58.3 Å². The van der Waals surface area contributed by atoms with Crippen LogP contribution in [0.5, 0.6) is 0 Å². The molecule has 1 aliphatic heterocycles. The van der Waals surface area contributed by atoms with Crippen molar-refractivity contribution in [2.45, 2.75) is 41.9 Å². The Hall–Kier alpha value is -1.54. The third kappa shape index (κ3) is 2.77. The molecule has 1 nitrogen and oxygen atoms in total. The molecular weight excluding hydrogens is 276 g/mol. The number of aldehydes is 1. The zero-order chi connectivity index (χ0) is 14.7. The van der Waals surface area contributed by atoms with E-state index >= 15 is 0 Å². The molecule has 1 aliphatic rings. The largest absolute Gasteiger partial charge is 0.303 e. The molecule has 0 amide bonds. The number of carbonyl (C=O) groups is 1. The number of carbonyl (C=O) groups excluding carboxylic acids is 1. The average molecular weight is 296 g/mol. The summed E-state index contributed by atoms with van der Waals surface area (Å²) in [4.78, 5) is 14.3. The molecule has 0 aromatic heterocycles. The Morgan fingerprint density at radius 2 is 1.62 bits per heavy atom. The number of unbranched alkanes of at least 4 members (excludes halogenated alkanes) is 1. The maximum absolute atomic E-state index is 11.7. The minimum atomic E-state index is 0.0770. The maximum Gasteiger partial charge on any atom is 0.124 e. The van der Waals surface area contributed by atoms with E-state index in [4.69, 9.17) is 0 Å². The van der Waals surface area contributed by atoms with E-state index in [0.717, 1.165) is 19.3 Å². The second kappa shape index (κ2) is 6.48. The molecule has 0 fully saturated rings. The van der Waals surface area contributed by atoms with Gasteiger partial charge in [0.15, 0.2) is 0 Å². The fourth-order valence-corrected chi connectivity index (χ4v) is 4.32. The lowest BCUT2D eigenvalue weighted by molar-refractivity contribution is -0.111. The SMILES string of the molecule is CCCC[C@@H](C=O)C1c2ccccc2Sc2ccccc21. The quantitative estimate of drug-likeness (QED) is 0.697. The zero-order valence-electron chi connectivity index (χ0n) is 12.3. The van der Waals surface area contributed by atoms with Crippen LogP contribution < -0.4 is 0 Å². The van der Waals surface area contributed by atoms with Crippen LogP contribution >= 0.6 is 11.8 Å². The van der Waals surface area contributed by atoms with Gasteiger partial charge in [0.05, 0.1) is 0 Å². The van der Waals surface area contributed by atoms with Gasteiger partial charge in [-0.3, -0.25) is 0 Å². The van der Waals surface area contributed by atoms with Crippen LogP contribution in [0.3, 0.4) is 0 Å². The Kier molecular flexibility index (Phi) is 4.45. The number of hydrogen-bond donors (Lipinski definition) is 0. The van der Waals surface area contributed by atoms with Gasteiger partial charge in [-0.15, -0.1) is 0 Å². The molecule has 0 saturated heterocycles. The van der Waals surface area contributed by atoms with E-state index in [9.17, 15) is 4.79 Å². The van der Waals surface area contributed by atoms with Crippen LogP contribution in [0.2, 0.25) is 0 Å². The van der Waals surface area contributed by atoms with Crippen LogP contribution in [-0.4, -0.2) is 6.29 Å². The van der Waals surface area contributed by atoms with Crippen molar-refractivity contribution >= 4 is 18.0 Å². The monoisotopic (exact) mass is 296 g/mol. The molecule has 2 aromatic rings. The number of fused-ring (bicyclic) bond motifs is 2. The first-order valence-electron chi connectivity index (χ1n) is 7.66. The zero-order valence-corrected chi connectivity index (χ0v) is 13.1. The first-order chi connectivity index (χ1) is 10.3. The van der Waals surface area contributed by atoms with Crippen molar-refractivity contribution in [3.05, 3.63) is 59.7 Å². The van der Waals surface area contributed by atoms with E-state index < -0.39 is 0 Å². The summed E-state index contributed by atoms with van der Waals surface area (Å²) in [5.74, 6) is 0.288. The van der Waals surface area contributed by atoms with E-state index in [1.165, 1.54) is 27.2 Å². The predicted molar refractivity (Wildman–Crippen MR) is 87.9 cm³/mol. The molecule has 0 N–H and O–H groups in total. The Morgan fingerprint density at radius 1 is 1.05 bits per heavy atom. The Balaban J connectivity index is 2.07. The van der Waals surface area contributed by atoms with Gasteiger partial charge < -0.3 is 4.79 Å². The minimum absolute atomic E-state index is 0.0770. The highest BCUT2D eigenvalue weighted by Gasteiger charge is 2.31. The van der Waals surface area contributed by atoms with Crippen LogP contribution in [0.4, 0.5) is 0 Å². The summed E-state index contributed by atoms with van der Waals surface area (Å²) < 4.78 is 0. The van der Waals surface area contributed by atoms with Gasteiger partial charge in [0.25, 0.3) is 0 Å². The third-order valence-electron chi connectivity index (χ3n) is 4.22. The molecule has 0 aliphatic carbocycles. The molecule has 0 bridgehead atoms. The minimum Gasteiger partial charge on any atom is -0.303 e. The van der Waals surface area contributed by atoms with Gasteiger partial charge in [-0.1, -0.05) is 67.9 Å². The molecule has 2 heteroatoms. The fourth-order valence-electron chi connectivity index (χ4n) is 3.16. The highest BCUT2D eigenvalue weighted by atomic mass is 32.2. The lowest BCUT2D eigenvalue weighted by atomic mass is 9.78. The van der Waals surface area contributed by atoms with E-state index in [1.807, 2.05) is 11.8 Å². The highest BCUT2D eigenvalue weighted by Crippen LogP contribution is 2.48. The Bertz CT molecular complexity index is 589. The molecule has 0 unspecified atom stereocenters. The topological polar surface area (TPSA) is 17.1 Å². The van der Waals surface area contributed by atoms with Crippen molar-refractivity contribution in [3.63, 3.8) is 0 Å². The van der Waals surface area contributed by atoms with Gasteiger partial charge in [0.1, 0.15) is 6.29 Å². The van der Waals surface area contributed by atoms with E-state index in [1.54, 1.807) is 0 Å². The fraction of sp³-hybridized carbons (Fsp3) is 0.316. The summed E-state index contributed by atoms with van der Waals surface area (Å²) in [6.07, 6.45) is 4.38. The standard InChI is InChI=1S/C19H20OS/c1-2-3-8-14(13-20)19-15-9-4-6-11-17(15)21-18-12-7-5-10-16(18)19/h4-7,9-14,19H,2-3,8H2,1H3/t14-/m0/s1. The second-order valence-electron chi connectivity index (χ2n) is 5.60. The molecule has 108 valence electrons. The smallest absolute Gasteiger partial charge is 0.124 e. The average Bonchev–Trinajstić information content (AvgIpc) is 2.54. The van der Waals surface area contributed by atoms with E-state index in [-0.39, 0.29) is 11.8 Å². The van der Waals surface area contributed by atoms with Gasteiger partial charge >= 0.3 is 0 Å².